The Morgan fingerprint density at radius 3 is 2.23 bits per heavy atom. The number of carbonyl (C=O) groups is 1. The van der Waals surface area contributed by atoms with E-state index in [-0.39, 0.29) is 17.8 Å². The molecular formula is C24H38N4O2S. The van der Waals surface area contributed by atoms with E-state index in [9.17, 15) is 4.79 Å². The maximum absolute atomic E-state index is 11.0. The Hall–Kier alpha value is -1.76. The van der Waals surface area contributed by atoms with Crippen LogP contribution in [0.15, 0.2) is 44.9 Å². The Labute approximate surface area is 191 Å². The molecule has 6 nitrogen and oxygen atoms in total. The summed E-state index contributed by atoms with van der Waals surface area (Å²) in [6.07, 6.45) is 15.0. The van der Waals surface area contributed by atoms with Gasteiger partial charge in [-0.1, -0.05) is 89.0 Å². The van der Waals surface area contributed by atoms with Crippen molar-refractivity contribution in [2.45, 2.75) is 102 Å². The van der Waals surface area contributed by atoms with Crippen LogP contribution in [0.25, 0.3) is 0 Å². The third-order valence-electron chi connectivity index (χ3n) is 5.67. The highest BCUT2D eigenvalue weighted by Gasteiger charge is 2.22. The first kappa shape index (κ1) is 25.5. The van der Waals surface area contributed by atoms with E-state index >= 15 is 0 Å². The second kappa shape index (κ2) is 16.0. The maximum Gasteiger partial charge on any atom is 0.304 e. The summed E-state index contributed by atoms with van der Waals surface area (Å²) in [5.41, 5.74) is 2.65. The van der Waals surface area contributed by atoms with Gasteiger partial charge >= 0.3 is 5.97 Å². The fourth-order valence-electron chi connectivity index (χ4n) is 3.93. The summed E-state index contributed by atoms with van der Waals surface area (Å²) < 4.78 is 0. The molecule has 0 saturated carbocycles. The number of nitrogens with zero attached hydrogens (tertiary/aromatic N) is 4. The van der Waals surface area contributed by atoms with Gasteiger partial charge in [0.05, 0.1) is 6.42 Å². The van der Waals surface area contributed by atoms with E-state index < -0.39 is 5.97 Å². The van der Waals surface area contributed by atoms with Gasteiger partial charge in [-0.25, -0.2) is 0 Å². The molecular weight excluding hydrogens is 408 g/mol. The van der Waals surface area contributed by atoms with Crippen molar-refractivity contribution in [3.05, 3.63) is 35.4 Å². The van der Waals surface area contributed by atoms with Gasteiger partial charge in [0.15, 0.2) is 6.17 Å². The molecule has 7 heteroatoms. The van der Waals surface area contributed by atoms with Crippen LogP contribution in [0.5, 0.6) is 0 Å². The highest BCUT2D eigenvalue weighted by Crippen LogP contribution is 2.37. The first-order valence-corrected chi connectivity index (χ1v) is 13.0. The van der Waals surface area contributed by atoms with Crippen LogP contribution in [0.4, 0.5) is 0 Å². The van der Waals surface area contributed by atoms with Gasteiger partial charge in [0.25, 0.3) is 0 Å². The Bertz CT molecular complexity index is 684. The molecule has 0 amide bonds. The molecule has 172 valence electrons. The van der Waals surface area contributed by atoms with Crippen LogP contribution in [0.3, 0.4) is 0 Å². The molecule has 0 spiro atoms. The summed E-state index contributed by atoms with van der Waals surface area (Å²) in [5, 5.41) is 24.5. The predicted molar refractivity (Wildman–Crippen MR) is 128 cm³/mol. The Balaban J connectivity index is 1.80. The van der Waals surface area contributed by atoms with E-state index in [1.165, 1.54) is 75.3 Å². The van der Waals surface area contributed by atoms with Gasteiger partial charge in [-0.15, -0.1) is 10.2 Å². The fourth-order valence-corrected chi connectivity index (χ4v) is 5.22. The van der Waals surface area contributed by atoms with Crippen LogP contribution < -0.4 is 0 Å². The molecule has 31 heavy (non-hydrogen) atoms. The van der Waals surface area contributed by atoms with Crippen molar-refractivity contribution in [2.75, 3.05) is 5.75 Å². The Morgan fingerprint density at radius 1 is 0.968 bits per heavy atom. The van der Waals surface area contributed by atoms with Gasteiger partial charge < -0.3 is 5.11 Å². The summed E-state index contributed by atoms with van der Waals surface area (Å²) >= 11 is 1.68. The second-order valence-electron chi connectivity index (χ2n) is 8.26. The number of rotatable bonds is 18. The molecule has 1 N–H and O–H groups in total. The van der Waals surface area contributed by atoms with Crippen molar-refractivity contribution in [1.29, 1.82) is 0 Å². The van der Waals surface area contributed by atoms with Crippen molar-refractivity contribution in [3.8, 4) is 0 Å². The lowest BCUT2D eigenvalue weighted by Crippen LogP contribution is -2.09. The van der Waals surface area contributed by atoms with Gasteiger partial charge in [0.2, 0.25) is 0 Å². The van der Waals surface area contributed by atoms with Gasteiger partial charge in [0.1, 0.15) is 0 Å². The van der Waals surface area contributed by atoms with Crippen LogP contribution in [-0.4, -0.2) is 23.0 Å². The minimum atomic E-state index is -0.759. The SMILES string of the molecule is CCCCCCCCCCCCc1ccccc1[C@@H](CC1N=NN=N1)SCCC(=O)O. The number of unbranched alkanes of at least 4 members (excludes halogenated alkanes) is 9. The number of carboxylic acid groups (broad SMARTS) is 1. The van der Waals surface area contributed by atoms with Crippen LogP contribution in [-0.2, 0) is 11.2 Å². The van der Waals surface area contributed by atoms with Crippen molar-refractivity contribution in [2.24, 2.45) is 20.7 Å². The van der Waals surface area contributed by atoms with Crippen molar-refractivity contribution in [3.63, 3.8) is 0 Å². The van der Waals surface area contributed by atoms with Gasteiger partial charge in [-0.3, -0.25) is 4.79 Å². The molecule has 1 heterocycles. The first-order chi connectivity index (χ1) is 15.2. The standard InChI is InChI=1S/C24H38N4O2S/c1-2-3-4-5-6-7-8-9-10-11-14-20-15-12-13-16-21(20)22(31-18-17-24(29)30)19-23-25-27-28-26-23/h12-13,15-16,22-23H,2-11,14,17-19H2,1H3,(H,29,30)/t22-/m1/s1. The van der Waals surface area contributed by atoms with E-state index in [0.29, 0.717) is 12.2 Å². The van der Waals surface area contributed by atoms with E-state index in [1.807, 2.05) is 0 Å². The zero-order valence-electron chi connectivity index (χ0n) is 18.9. The van der Waals surface area contributed by atoms with E-state index in [0.717, 1.165) is 6.42 Å². The molecule has 1 aliphatic heterocycles. The highest BCUT2D eigenvalue weighted by molar-refractivity contribution is 7.99. The van der Waals surface area contributed by atoms with Crippen molar-refractivity contribution in [1.82, 2.24) is 0 Å². The maximum atomic E-state index is 11.0. The Kier molecular flexibility index (Phi) is 13.1. The summed E-state index contributed by atoms with van der Waals surface area (Å²) in [5.74, 6) is -0.182. The molecule has 1 atom stereocenters. The lowest BCUT2D eigenvalue weighted by atomic mass is 9.96. The first-order valence-electron chi connectivity index (χ1n) is 11.9. The monoisotopic (exact) mass is 446 g/mol. The predicted octanol–water partition coefficient (Wildman–Crippen LogP) is 7.95. The minimum absolute atomic E-state index is 0.152. The van der Waals surface area contributed by atoms with E-state index in [4.69, 9.17) is 5.11 Å². The lowest BCUT2D eigenvalue weighted by Gasteiger charge is -2.20. The minimum Gasteiger partial charge on any atom is -0.481 e. The molecule has 0 fully saturated rings. The molecule has 0 aromatic heterocycles. The van der Waals surface area contributed by atoms with Crippen molar-refractivity contribution >= 4 is 17.7 Å². The molecule has 0 saturated heterocycles. The largest absolute Gasteiger partial charge is 0.481 e. The average molecular weight is 447 g/mol. The van der Waals surface area contributed by atoms with Crippen LogP contribution in [0, 0.1) is 0 Å². The van der Waals surface area contributed by atoms with Crippen LogP contribution in [0.1, 0.15) is 100 Å². The van der Waals surface area contributed by atoms with Crippen LogP contribution >= 0.6 is 11.8 Å². The fraction of sp³-hybridized carbons (Fsp3) is 0.708. The summed E-state index contributed by atoms with van der Waals surface area (Å²) in [6.45, 7) is 2.26. The van der Waals surface area contributed by atoms with E-state index in [2.05, 4.69) is 51.9 Å². The third-order valence-corrected chi connectivity index (χ3v) is 6.96. The zero-order chi connectivity index (χ0) is 22.2. The summed E-state index contributed by atoms with van der Waals surface area (Å²) in [7, 11) is 0. The average Bonchev–Trinajstić information content (AvgIpc) is 3.28. The number of hydrogen-bond donors (Lipinski definition) is 1. The molecule has 0 bridgehead atoms. The number of benzene rings is 1. The van der Waals surface area contributed by atoms with Gasteiger partial charge in [-0.05, 0) is 34.4 Å². The zero-order valence-corrected chi connectivity index (χ0v) is 19.7. The quantitative estimate of drug-likeness (QED) is 0.232. The molecule has 1 aromatic carbocycles. The summed E-state index contributed by atoms with van der Waals surface area (Å²) in [6, 6.07) is 8.56. The highest BCUT2D eigenvalue weighted by atomic mass is 32.2. The smallest absolute Gasteiger partial charge is 0.304 e. The topological polar surface area (TPSA) is 86.7 Å². The number of thioether (sulfide) groups is 1. The van der Waals surface area contributed by atoms with Gasteiger partial charge in [-0.2, -0.15) is 11.8 Å². The molecule has 0 unspecified atom stereocenters. The summed E-state index contributed by atoms with van der Waals surface area (Å²) in [4.78, 5) is 11.0. The molecule has 1 aromatic rings. The van der Waals surface area contributed by atoms with Gasteiger partial charge in [0, 0.05) is 17.4 Å². The molecule has 0 aliphatic carbocycles. The lowest BCUT2D eigenvalue weighted by molar-refractivity contribution is -0.136. The number of carboxylic acids is 1. The number of aliphatic carboxylic acids is 1. The molecule has 0 radical (unpaired) electrons. The Morgan fingerprint density at radius 2 is 1.58 bits per heavy atom. The molecule has 2 rings (SSSR count). The van der Waals surface area contributed by atoms with Crippen molar-refractivity contribution < 1.29 is 9.90 Å². The normalized spacial score (nSPS) is 14.4. The van der Waals surface area contributed by atoms with Crippen LogP contribution in [0.2, 0.25) is 0 Å². The third kappa shape index (κ3) is 10.9. The number of hydrogen-bond acceptors (Lipinski definition) is 6. The second-order valence-corrected chi connectivity index (χ2v) is 9.57. The van der Waals surface area contributed by atoms with E-state index in [1.54, 1.807) is 11.8 Å². The number of aryl methyl sites for hydroxylation is 1. The molecule has 1 aliphatic rings.